The minimum atomic E-state index is -0.443. The van der Waals surface area contributed by atoms with Crippen LogP contribution in [0, 0.1) is 0 Å². The standard InChI is InChI=1S/C4H8N2OS/c5-4(7)6-8-3-1-2-3/h3H,1-2H2,(H3,5,6,7). The second kappa shape index (κ2) is 2.26. The smallest absolute Gasteiger partial charge is 0.322 e. The van der Waals surface area contributed by atoms with E-state index in [1.165, 1.54) is 24.8 Å². The molecule has 0 atom stereocenters. The summed E-state index contributed by atoms with van der Waals surface area (Å²) in [5.41, 5.74) is 4.80. The van der Waals surface area contributed by atoms with Gasteiger partial charge in [-0.05, 0) is 24.8 Å². The molecule has 1 saturated carbocycles. The van der Waals surface area contributed by atoms with Gasteiger partial charge >= 0.3 is 6.03 Å². The fourth-order valence-electron chi connectivity index (χ4n) is 0.327. The molecule has 3 nitrogen and oxygen atoms in total. The summed E-state index contributed by atoms with van der Waals surface area (Å²) in [7, 11) is 0. The summed E-state index contributed by atoms with van der Waals surface area (Å²) >= 11 is 1.43. The Bertz CT molecular complexity index is 102. The van der Waals surface area contributed by atoms with E-state index in [0.29, 0.717) is 5.25 Å². The van der Waals surface area contributed by atoms with Crippen molar-refractivity contribution in [3.63, 3.8) is 0 Å². The van der Waals surface area contributed by atoms with Crippen LogP contribution < -0.4 is 10.5 Å². The van der Waals surface area contributed by atoms with Crippen LogP contribution in [0.1, 0.15) is 12.8 Å². The van der Waals surface area contributed by atoms with Gasteiger partial charge in [-0.15, -0.1) is 0 Å². The highest BCUT2D eigenvalue weighted by molar-refractivity contribution is 7.98. The molecule has 0 saturated heterocycles. The topological polar surface area (TPSA) is 55.1 Å². The lowest BCUT2D eigenvalue weighted by Gasteiger charge is -1.94. The predicted molar refractivity (Wildman–Crippen MR) is 33.3 cm³/mol. The number of primary amides is 1. The summed E-state index contributed by atoms with van der Waals surface area (Å²) < 4.78 is 2.46. The highest BCUT2D eigenvalue weighted by Crippen LogP contribution is 2.31. The monoisotopic (exact) mass is 132 g/mol. The molecule has 0 radical (unpaired) electrons. The van der Waals surface area contributed by atoms with Gasteiger partial charge in [0.05, 0.1) is 0 Å². The van der Waals surface area contributed by atoms with Crippen molar-refractivity contribution in [3.8, 4) is 0 Å². The van der Waals surface area contributed by atoms with Gasteiger partial charge in [-0.1, -0.05) is 0 Å². The Hall–Kier alpha value is -0.380. The maximum absolute atomic E-state index is 10.0. The van der Waals surface area contributed by atoms with Crippen molar-refractivity contribution in [1.29, 1.82) is 0 Å². The van der Waals surface area contributed by atoms with Crippen LogP contribution in [0.2, 0.25) is 0 Å². The van der Waals surface area contributed by atoms with Gasteiger partial charge in [0, 0.05) is 5.25 Å². The molecule has 1 fully saturated rings. The highest BCUT2D eigenvalue weighted by Gasteiger charge is 2.22. The molecular weight excluding hydrogens is 124 g/mol. The van der Waals surface area contributed by atoms with Gasteiger partial charge in [0.15, 0.2) is 0 Å². The van der Waals surface area contributed by atoms with Crippen LogP contribution >= 0.6 is 11.9 Å². The van der Waals surface area contributed by atoms with Crippen molar-refractivity contribution in [2.24, 2.45) is 5.73 Å². The number of carbonyl (C=O) groups is 1. The van der Waals surface area contributed by atoms with Crippen LogP contribution in [0.15, 0.2) is 0 Å². The first-order chi connectivity index (χ1) is 3.79. The molecule has 1 rings (SSSR count). The number of rotatable bonds is 2. The number of hydrogen-bond acceptors (Lipinski definition) is 2. The Labute approximate surface area is 52.1 Å². The average Bonchev–Trinajstić information content (AvgIpc) is 2.41. The first-order valence-electron chi connectivity index (χ1n) is 2.50. The molecule has 0 heterocycles. The molecule has 1 aliphatic rings. The predicted octanol–water partition coefficient (Wildman–Crippen LogP) is 0.465. The summed E-state index contributed by atoms with van der Waals surface area (Å²) in [5, 5.41) is 0.641. The van der Waals surface area contributed by atoms with E-state index in [1.807, 2.05) is 0 Å². The Morgan fingerprint density at radius 3 is 2.75 bits per heavy atom. The minimum Gasteiger partial charge on any atom is -0.351 e. The third-order valence-corrected chi connectivity index (χ3v) is 1.97. The van der Waals surface area contributed by atoms with Gasteiger partial charge < -0.3 is 5.73 Å². The van der Waals surface area contributed by atoms with E-state index in [-0.39, 0.29) is 0 Å². The molecule has 0 aromatic heterocycles. The lowest BCUT2D eigenvalue weighted by atomic mass is 11.0. The molecule has 3 N–H and O–H groups in total. The molecule has 0 unspecified atom stereocenters. The van der Waals surface area contributed by atoms with Crippen molar-refractivity contribution < 1.29 is 4.79 Å². The molecule has 0 bridgehead atoms. The zero-order valence-electron chi connectivity index (χ0n) is 4.39. The molecular formula is C4H8N2OS. The second-order valence-corrected chi connectivity index (χ2v) is 2.89. The third kappa shape index (κ3) is 2.07. The van der Waals surface area contributed by atoms with E-state index in [2.05, 4.69) is 4.72 Å². The van der Waals surface area contributed by atoms with Crippen LogP contribution in [0.4, 0.5) is 4.79 Å². The fraction of sp³-hybridized carbons (Fsp3) is 0.750. The molecule has 8 heavy (non-hydrogen) atoms. The van der Waals surface area contributed by atoms with Crippen LogP contribution in [0.3, 0.4) is 0 Å². The zero-order valence-corrected chi connectivity index (χ0v) is 5.20. The van der Waals surface area contributed by atoms with Gasteiger partial charge in [0.1, 0.15) is 0 Å². The van der Waals surface area contributed by atoms with E-state index in [0.717, 1.165) is 0 Å². The summed E-state index contributed by atoms with van der Waals surface area (Å²) in [6.45, 7) is 0. The maximum atomic E-state index is 10.0. The summed E-state index contributed by atoms with van der Waals surface area (Å²) in [6, 6.07) is -0.443. The number of urea groups is 1. The van der Waals surface area contributed by atoms with Crippen molar-refractivity contribution in [3.05, 3.63) is 0 Å². The quantitative estimate of drug-likeness (QED) is 0.536. The van der Waals surface area contributed by atoms with Crippen molar-refractivity contribution in [2.45, 2.75) is 18.1 Å². The van der Waals surface area contributed by atoms with Crippen LogP contribution in [-0.4, -0.2) is 11.3 Å². The molecule has 0 aromatic carbocycles. The largest absolute Gasteiger partial charge is 0.351 e. The Balaban J connectivity index is 1.95. The van der Waals surface area contributed by atoms with E-state index >= 15 is 0 Å². The SMILES string of the molecule is NC(=O)NSC1CC1. The molecule has 2 amide bonds. The Morgan fingerprint density at radius 1 is 1.75 bits per heavy atom. The maximum Gasteiger partial charge on any atom is 0.322 e. The van der Waals surface area contributed by atoms with E-state index in [4.69, 9.17) is 5.73 Å². The zero-order chi connectivity index (χ0) is 5.98. The number of nitrogens with one attached hydrogen (secondary N) is 1. The average molecular weight is 132 g/mol. The normalized spacial score (nSPS) is 18.0. The number of carbonyl (C=O) groups excluding carboxylic acids is 1. The van der Waals surface area contributed by atoms with Crippen molar-refractivity contribution >= 4 is 18.0 Å². The molecule has 0 spiro atoms. The lowest BCUT2D eigenvalue weighted by Crippen LogP contribution is -2.23. The molecule has 0 aliphatic heterocycles. The van der Waals surface area contributed by atoms with Crippen LogP contribution in [0.5, 0.6) is 0 Å². The summed E-state index contributed by atoms with van der Waals surface area (Å²) in [5.74, 6) is 0. The summed E-state index contributed by atoms with van der Waals surface area (Å²) in [6.07, 6.45) is 2.43. The molecule has 0 aromatic rings. The van der Waals surface area contributed by atoms with E-state index in [1.54, 1.807) is 0 Å². The molecule has 1 aliphatic carbocycles. The lowest BCUT2D eigenvalue weighted by molar-refractivity contribution is 0.254. The highest BCUT2D eigenvalue weighted by atomic mass is 32.2. The number of hydrogen-bond donors (Lipinski definition) is 2. The van der Waals surface area contributed by atoms with Gasteiger partial charge in [0.2, 0.25) is 0 Å². The first-order valence-corrected chi connectivity index (χ1v) is 3.38. The summed E-state index contributed by atoms with van der Waals surface area (Å²) in [4.78, 5) is 10.0. The van der Waals surface area contributed by atoms with Gasteiger partial charge in [-0.25, -0.2) is 4.79 Å². The van der Waals surface area contributed by atoms with E-state index < -0.39 is 6.03 Å². The third-order valence-electron chi connectivity index (χ3n) is 0.851. The minimum absolute atomic E-state index is 0.443. The Morgan fingerprint density at radius 2 is 2.38 bits per heavy atom. The number of nitrogens with two attached hydrogens (primary N) is 1. The van der Waals surface area contributed by atoms with Gasteiger partial charge in [-0.3, -0.25) is 4.72 Å². The fourth-order valence-corrected chi connectivity index (χ4v) is 0.982. The second-order valence-electron chi connectivity index (χ2n) is 1.78. The molecule has 4 heteroatoms. The van der Waals surface area contributed by atoms with Crippen molar-refractivity contribution in [1.82, 2.24) is 4.72 Å². The van der Waals surface area contributed by atoms with E-state index in [9.17, 15) is 4.79 Å². The van der Waals surface area contributed by atoms with Crippen LogP contribution in [-0.2, 0) is 0 Å². The van der Waals surface area contributed by atoms with Gasteiger partial charge in [-0.2, -0.15) is 0 Å². The Kier molecular flexibility index (Phi) is 1.62. The molecule has 46 valence electrons. The van der Waals surface area contributed by atoms with Crippen LogP contribution in [0.25, 0.3) is 0 Å². The van der Waals surface area contributed by atoms with Crippen molar-refractivity contribution in [2.75, 3.05) is 0 Å². The first kappa shape index (κ1) is 5.75. The number of amides is 2. The van der Waals surface area contributed by atoms with Gasteiger partial charge in [0.25, 0.3) is 0 Å².